The number of hydrogen-bond acceptors (Lipinski definition) is 2. The molecule has 0 saturated heterocycles. The van der Waals surface area contributed by atoms with Crippen molar-refractivity contribution in [2.75, 3.05) is 6.61 Å². The van der Waals surface area contributed by atoms with Crippen LogP contribution in [0.4, 0.5) is 0 Å². The molecule has 260 valence electrons. The van der Waals surface area contributed by atoms with Crippen molar-refractivity contribution in [3.05, 3.63) is 0 Å². The first kappa shape index (κ1) is 38.6. The number of hydrogen-bond donors (Lipinski definition) is 1. The van der Waals surface area contributed by atoms with Gasteiger partial charge in [-0.25, -0.2) is 0 Å². The van der Waals surface area contributed by atoms with Gasteiger partial charge in [0.2, 0.25) is 0 Å². The highest BCUT2D eigenvalue weighted by Crippen LogP contribution is 2.63. The number of unbranched alkanes of at least 4 members (excludes halogenated alkanes) is 3. The van der Waals surface area contributed by atoms with Gasteiger partial charge in [0.05, 0.1) is 5.60 Å². The van der Waals surface area contributed by atoms with Gasteiger partial charge in [0.25, 0.3) is 0 Å². The van der Waals surface area contributed by atoms with E-state index < -0.39 is 8.24 Å². The molecule has 0 radical (unpaired) electrons. The molecule has 3 aliphatic carbocycles. The highest BCUT2D eigenvalue weighted by Gasteiger charge is 2.57. The van der Waals surface area contributed by atoms with Crippen LogP contribution in [0.5, 0.6) is 0 Å². The maximum Gasteiger partial charge on any atom is 0.126 e. The number of fused-ring (bicyclic) bond motifs is 1. The number of ether oxygens (including phenoxy) is 1. The molecule has 0 aromatic heterocycles. The fraction of sp³-hybridized carbons (Fsp3) is 1.00. The van der Waals surface area contributed by atoms with Crippen LogP contribution in [0.25, 0.3) is 0 Å². The van der Waals surface area contributed by atoms with Gasteiger partial charge in [0.1, 0.15) is 8.24 Å². The normalized spacial score (nSPS) is 33.8. The predicted molar refractivity (Wildman–Crippen MR) is 198 cm³/mol. The Hall–Kier alpha value is 0.137. The largest absolute Gasteiger partial charge is 0.376 e. The van der Waals surface area contributed by atoms with Crippen molar-refractivity contribution < 1.29 is 4.74 Å². The topological polar surface area (TPSA) is 21.3 Å². The lowest BCUT2D eigenvalue weighted by Gasteiger charge is -2.51. The summed E-state index contributed by atoms with van der Waals surface area (Å²) in [5.41, 5.74) is 1.97. The summed E-state index contributed by atoms with van der Waals surface area (Å²) in [4.78, 5) is 4.48. The van der Waals surface area contributed by atoms with Crippen molar-refractivity contribution in [1.82, 2.24) is 4.98 Å². The fourth-order valence-corrected chi connectivity index (χ4v) is 16.9. The van der Waals surface area contributed by atoms with E-state index in [0.29, 0.717) is 10.8 Å². The van der Waals surface area contributed by atoms with Crippen LogP contribution in [0.1, 0.15) is 168 Å². The molecule has 0 amide bonds. The number of nitrogens with one attached hydrogen (secondary N) is 1. The average molecular weight is 632 g/mol. The first-order valence-electron chi connectivity index (χ1n) is 19.4. The molecule has 44 heavy (non-hydrogen) atoms. The van der Waals surface area contributed by atoms with Crippen LogP contribution in [0.3, 0.4) is 0 Å². The van der Waals surface area contributed by atoms with Gasteiger partial charge in [0, 0.05) is 12.1 Å². The second-order valence-electron chi connectivity index (χ2n) is 21.1. The summed E-state index contributed by atoms with van der Waals surface area (Å²) >= 11 is 0. The van der Waals surface area contributed by atoms with Gasteiger partial charge >= 0.3 is 0 Å². The molecule has 3 heteroatoms. The summed E-state index contributed by atoms with van der Waals surface area (Å²) in [6.45, 7) is 38.0. The second-order valence-corrected chi connectivity index (χ2v) is 25.4. The Kier molecular flexibility index (Phi) is 12.9. The third-order valence-corrected chi connectivity index (χ3v) is 17.9. The Balaban J connectivity index is 1.83. The SMILES string of the molecule is CC(C)C1CC2C(C3CC(C(C)(C)C)CC(C(C)(C)C)C3)CCCC2C1[Si](C)(CCCCCCOC(C)(C)C)NC(C)(C)C. The zero-order valence-electron chi connectivity index (χ0n) is 32.8. The van der Waals surface area contributed by atoms with Crippen LogP contribution in [0.2, 0.25) is 18.1 Å². The Morgan fingerprint density at radius 1 is 0.682 bits per heavy atom. The van der Waals surface area contributed by atoms with Gasteiger partial charge in [-0.15, -0.1) is 0 Å². The smallest absolute Gasteiger partial charge is 0.126 e. The molecule has 0 aliphatic heterocycles. The van der Waals surface area contributed by atoms with Gasteiger partial charge in [-0.3, -0.25) is 0 Å². The molecule has 0 heterocycles. The van der Waals surface area contributed by atoms with Gasteiger partial charge in [-0.05, 0) is 150 Å². The van der Waals surface area contributed by atoms with E-state index in [2.05, 4.69) is 108 Å². The van der Waals surface area contributed by atoms with E-state index in [0.717, 1.165) is 59.5 Å². The standard InChI is InChI=1S/C41H81NOSi/c1-29(2)35-28-36-33(30-25-31(38(3,4)5)27-32(26-30)39(6,7)8)21-20-22-34(36)37(35)44(15,42-40(9,10)11)24-19-17-16-18-23-43-41(12,13)14/h29-37,42H,16-28H2,1-15H3. The summed E-state index contributed by atoms with van der Waals surface area (Å²) in [6, 6.07) is 1.45. The summed E-state index contributed by atoms with van der Waals surface area (Å²) in [5, 5.41) is 0. The average Bonchev–Trinajstić information content (AvgIpc) is 3.26. The van der Waals surface area contributed by atoms with E-state index in [4.69, 9.17) is 4.74 Å². The lowest BCUT2D eigenvalue weighted by atomic mass is 9.55. The van der Waals surface area contributed by atoms with Crippen molar-refractivity contribution in [1.29, 1.82) is 0 Å². The first-order chi connectivity index (χ1) is 20.0. The molecule has 3 aliphatic rings. The molecule has 1 N–H and O–H groups in total. The van der Waals surface area contributed by atoms with E-state index in [-0.39, 0.29) is 11.1 Å². The van der Waals surface area contributed by atoms with Crippen LogP contribution in [0, 0.1) is 58.2 Å². The van der Waals surface area contributed by atoms with Crippen molar-refractivity contribution >= 4 is 8.24 Å². The third-order valence-electron chi connectivity index (χ3n) is 12.8. The van der Waals surface area contributed by atoms with E-state index >= 15 is 0 Å². The molecule has 8 unspecified atom stereocenters. The van der Waals surface area contributed by atoms with Gasteiger partial charge in [0.15, 0.2) is 0 Å². The van der Waals surface area contributed by atoms with E-state index in [1.165, 1.54) is 76.7 Å². The Morgan fingerprint density at radius 2 is 1.23 bits per heavy atom. The molecular formula is C41H81NOSi. The zero-order chi connectivity index (χ0) is 33.3. The minimum absolute atomic E-state index is 0.0101. The molecular weight excluding hydrogens is 551 g/mol. The maximum absolute atomic E-state index is 6.03. The summed E-state index contributed by atoms with van der Waals surface area (Å²) < 4.78 is 6.03. The second kappa shape index (κ2) is 14.7. The van der Waals surface area contributed by atoms with Crippen LogP contribution < -0.4 is 4.98 Å². The summed E-state index contributed by atoms with van der Waals surface area (Å²) in [5.74, 6) is 7.27. The molecule has 8 atom stereocenters. The minimum Gasteiger partial charge on any atom is -0.376 e. The quantitative estimate of drug-likeness (QED) is 0.181. The van der Waals surface area contributed by atoms with Gasteiger partial charge in [-0.2, -0.15) is 0 Å². The lowest BCUT2D eigenvalue weighted by Crippen LogP contribution is -2.61. The van der Waals surface area contributed by atoms with Crippen LogP contribution in [-0.4, -0.2) is 26.0 Å². The van der Waals surface area contributed by atoms with E-state index in [9.17, 15) is 0 Å². The minimum atomic E-state index is -1.73. The lowest BCUT2D eigenvalue weighted by molar-refractivity contribution is -0.00471. The van der Waals surface area contributed by atoms with E-state index in [1.54, 1.807) is 0 Å². The monoisotopic (exact) mass is 632 g/mol. The Bertz CT molecular complexity index is 847. The molecule has 3 fully saturated rings. The maximum atomic E-state index is 6.03. The molecule has 0 spiro atoms. The summed E-state index contributed by atoms with van der Waals surface area (Å²) in [6.07, 6.45) is 15.7. The van der Waals surface area contributed by atoms with Gasteiger partial charge < -0.3 is 9.72 Å². The van der Waals surface area contributed by atoms with Crippen molar-refractivity contribution in [2.24, 2.45) is 58.2 Å². The highest BCUT2D eigenvalue weighted by molar-refractivity contribution is 6.78. The predicted octanol–water partition coefficient (Wildman–Crippen LogP) is 12.5. The molecule has 2 nitrogen and oxygen atoms in total. The fourth-order valence-electron chi connectivity index (χ4n) is 10.7. The first-order valence-corrected chi connectivity index (χ1v) is 22.2. The number of rotatable bonds is 11. The van der Waals surface area contributed by atoms with Crippen LogP contribution >= 0.6 is 0 Å². The van der Waals surface area contributed by atoms with Crippen molar-refractivity contribution in [2.45, 2.75) is 197 Å². The van der Waals surface area contributed by atoms with Crippen LogP contribution in [-0.2, 0) is 4.74 Å². The van der Waals surface area contributed by atoms with Crippen LogP contribution in [0.15, 0.2) is 0 Å². The molecule has 0 aromatic carbocycles. The van der Waals surface area contributed by atoms with E-state index in [1.807, 2.05) is 0 Å². The van der Waals surface area contributed by atoms with Crippen molar-refractivity contribution in [3.8, 4) is 0 Å². The van der Waals surface area contributed by atoms with Gasteiger partial charge in [-0.1, -0.05) is 94.0 Å². The van der Waals surface area contributed by atoms with Crippen molar-refractivity contribution in [3.63, 3.8) is 0 Å². The summed E-state index contributed by atoms with van der Waals surface area (Å²) in [7, 11) is -1.73. The highest BCUT2D eigenvalue weighted by atomic mass is 28.3. The Morgan fingerprint density at radius 3 is 1.73 bits per heavy atom. The molecule has 3 saturated carbocycles. The Labute approximate surface area is 278 Å². The molecule has 0 bridgehead atoms. The third kappa shape index (κ3) is 10.6. The molecule has 3 rings (SSSR count). The molecule has 0 aromatic rings. The zero-order valence-corrected chi connectivity index (χ0v) is 33.8.